The highest BCUT2D eigenvalue weighted by Gasteiger charge is 1.94. The average Bonchev–Trinajstić information content (AvgIpc) is 2.51. The molecule has 0 bridgehead atoms. The molecule has 120 valence electrons. The number of aliphatic imine (C=N–C) groups is 2. The van der Waals surface area contributed by atoms with E-state index in [1.807, 2.05) is 12.1 Å². The van der Waals surface area contributed by atoms with Gasteiger partial charge in [-0.15, -0.1) is 12.4 Å². The maximum atomic E-state index is 12.7. The molecule has 0 spiro atoms. The van der Waals surface area contributed by atoms with Crippen molar-refractivity contribution in [1.29, 1.82) is 5.41 Å². The van der Waals surface area contributed by atoms with Gasteiger partial charge in [0.1, 0.15) is 5.82 Å². The molecule has 2 aromatic carbocycles. The van der Waals surface area contributed by atoms with Gasteiger partial charge in [-0.1, -0.05) is 35.9 Å². The van der Waals surface area contributed by atoms with Crippen LogP contribution in [0.15, 0.2) is 58.5 Å². The van der Waals surface area contributed by atoms with Crippen LogP contribution >= 0.6 is 24.0 Å². The second kappa shape index (κ2) is 9.87. The monoisotopic (exact) mass is 351 g/mol. The largest absolute Gasteiger partial charge is 0.306 e. The van der Waals surface area contributed by atoms with Gasteiger partial charge in [0.25, 0.3) is 0 Å². The lowest BCUT2D eigenvalue weighted by molar-refractivity contribution is 0.628. The van der Waals surface area contributed by atoms with Crippen LogP contribution in [0.25, 0.3) is 0 Å². The first-order valence-electron chi connectivity index (χ1n) is 6.70. The molecule has 3 nitrogen and oxygen atoms in total. The van der Waals surface area contributed by atoms with E-state index in [0.717, 1.165) is 11.1 Å². The van der Waals surface area contributed by atoms with Gasteiger partial charge in [-0.05, 0) is 35.4 Å². The smallest absolute Gasteiger partial charge is 0.123 e. The standard InChI is InChI=1S/C17H15ClFN3.ClH/c18-15-5-1-13(2-6-15)9-21-11-17(20)12-22-10-14-3-7-16(19)8-4-14;/h1-10,20H,11-12H2;1H. The van der Waals surface area contributed by atoms with Crippen LogP contribution in [0.1, 0.15) is 11.1 Å². The van der Waals surface area contributed by atoms with Crippen LogP contribution in [0.4, 0.5) is 4.39 Å². The molecule has 0 aliphatic carbocycles. The highest BCUT2D eigenvalue weighted by atomic mass is 35.5. The van der Waals surface area contributed by atoms with Crippen LogP contribution in [0.2, 0.25) is 5.02 Å². The van der Waals surface area contributed by atoms with Gasteiger partial charge in [0.15, 0.2) is 0 Å². The molecular weight excluding hydrogens is 336 g/mol. The summed E-state index contributed by atoms with van der Waals surface area (Å²) in [5.41, 5.74) is 2.15. The lowest BCUT2D eigenvalue weighted by atomic mass is 10.2. The zero-order chi connectivity index (χ0) is 15.8. The molecule has 0 saturated heterocycles. The van der Waals surface area contributed by atoms with E-state index >= 15 is 0 Å². The number of halogens is 3. The van der Waals surface area contributed by atoms with E-state index in [0.29, 0.717) is 17.3 Å². The molecule has 0 heterocycles. The highest BCUT2D eigenvalue weighted by molar-refractivity contribution is 6.30. The Bertz CT molecular complexity index is 620. The summed E-state index contributed by atoms with van der Waals surface area (Å²) in [7, 11) is 0. The zero-order valence-corrected chi connectivity index (χ0v) is 13.8. The minimum atomic E-state index is -0.276. The molecule has 23 heavy (non-hydrogen) atoms. The number of nitrogens with zero attached hydrogens (tertiary/aromatic N) is 2. The number of benzene rings is 2. The van der Waals surface area contributed by atoms with Gasteiger partial charge in [-0.2, -0.15) is 0 Å². The summed E-state index contributed by atoms with van der Waals surface area (Å²) in [4.78, 5) is 8.34. The van der Waals surface area contributed by atoms with Gasteiger partial charge in [0, 0.05) is 17.5 Å². The Hall–Kier alpha value is -2.04. The van der Waals surface area contributed by atoms with Gasteiger partial charge in [0.2, 0.25) is 0 Å². The van der Waals surface area contributed by atoms with Crippen molar-refractivity contribution < 1.29 is 4.39 Å². The second-order valence-electron chi connectivity index (χ2n) is 4.65. The Morgan fingerprint density at radius 2 is 1.35 bits per heavy atom. The fourth-order valence-electron chi connectivity index (χ4n) is 1.67. The molecule has 0 aromatic heterocycles. The third kappa shape index (κ3) is 7.17. The molecule has 1 N–H and O–H groups in total. The SMILES string of the molecule is Cl.N=C(CN=Cc1ccc(F)cc1)CN=Cc1ccc(Cl)cc1. The van der Waals surface area contributed by atoms with Gasteiger partial charge >= 0.3 is 0 Å². The molecule has 2 rings (SSSR count). The van der Waals surface area contributed by atoms with Crippen molar-refractivity contribution in [2.24, 2.45) is 9.98 Å². The molecule has 0 amide bonds. The van der Waals surface area contributed by atoms with Gasteiger partial charge in [0.05, 0.1) is 18.8 Å². The van der Waals surface area contributed by atoms with Crippen molar-refractivity contribution in [2.45, 2.75) is 0 Å². The summed E-state index contributed by atoms with van der Waals surface area (Å²) in [5, 5.41) is 8.46. The van der Waals surface area contributed by atoms with Gasteiger partial charge in [-0.3, -0.25) is 9.98 Å². The Labute approximate surface area is 145 Å². The molecule has 0 radical (unpaired) electrons. The molecular formula is C17H16Cl2FN3. The third-order valence-electron chi connectivity index (χ3n) is 2.79. The molecule has 0 atom stereocenters. The lowest BCUT2D eigenvalue weighted by Gasteiger charge is -1.97. The van der Waals surface area contributed by atoms with Crippen molar-refractivity contribution >= 4 is 42.1 Å². The van der Waals surface area contributed by atoms with E-state index in [-0.39, 0.29) is 24.8 Å². The maximum Gasteiger partial charge on any atom is 0.123 e. The average molecular weight is 352 g/mol. The fourth-order valence-corrected chi connectivity index (χ4v) is 1.80. The molecule has 0 aliphatic rings. The third-order valence-corrected chi connectivity index (χ3v) is 3.04. The Morgan fingerprint density at radius 3 is 1.83 bits per heavy atom. The van der Waals surface area contributed by atoms with E-state index in [1.165, 1.54) is 12.1 Å². The summed E-state index contributed by atoms with van der Waals surface area (Å²) < 4.78 is 12.7. The van der Waals surface area contributed by atoms with Crippen LogP contribution in [0.3, 0.4) is 0 Å². The summed E-state index contributed by atoms with van der Waals surface area (Å²) in [5.74, 6) is -0.276. The van der Waals surface area contributed by atoms with Crippen molar-refractivity contribution in [2.75, 3.05) is 13.1 Å². The zero-order valence-electron chi connectivity index (χ0n) is 12.2. The Balaban J connectivity index is 0.00000264. The summed E-state index contributed by atoms with van der Waals surface area (Å²) in [6.45, 7) is 0.568. The minimum absolute atomic E-state index is 0. The molecule has 2 aromatic rings. The first kappa shape index (κ1) is 19.0. The summed E-state index contributed by atoms with van der Waals surface area (Å²) in [6.07, 6.45) is 3.32. The first-order valence-corrected chi connectivity index (χ1v) is 7.08. The molecule has 0 fully saturated rings. The first-order chi connectivity index (χ1) is 10.6. The maximum absolute atomic E-state index is 12.7. The van der Waals surface area contributed by atoms with Crippen molar-refractivity contribution in [1.82, 2.24) is 0 Å². The van der Waals surface area contributed by atoms with E-state index in [9.17, 15) is 4.39 Å². The Morgan fingerprint density at radius 1 is 0.913 bits per heavy atom. The van der Waals surface area contributed by atoms with Crippen LogP contribution < -0.4 is 0 Å². The number of hydrogen-bond acceptors (Lipinski definition) is 3. The van der Waals surface area contributed by atoms with Crippen LogP contribution in [0, 0.1) is 11.2 Å². The van der Waals surface area contributed by atoms with Crippen molar-refractivity contribution in [3.05, 3.63) is 70.5 Å². The normalized spacial score (nSPS) is 10.9. The quantitative estimate of drug-likeness (QED) is 0.747. The second-order valence-corrected chi connectivity index (χ2v) is 5.08. The predicted octanol–water partition coefficient (Wildman–Crippen LogP) is 4.46. The van der Waals surface area contributed by atoms with Crippen molar-refractivity contribution in [3.63, 3.8) is 0 Å². The molecule has 6 heteroatoms. The molecule has 0 saturated carbocycles. The number of nitrogens with one attached hydrogen (secondary N) is 1. The van der Waals surface area contributed by atoms with Gasteiger partial charge in [-0.25, -0.2) is 4.39 Å². The van der Waals surface area contributed by atoms with Gasteiger partial charge < -0.3 is 5.41 Å². The number of hydrogen-bond donors (Lipinski definition) is 1. The van der Waals surface area contributed by atoms with Crippen molar-refractivity contribution in [3.8, 4) is 0 Å². The van der Waals surface area contributed by atoms with Crippen LogP contribution in [-0.4, -0.2) is 31.2 Å². The van der Waals surface area contributed by atoms with E-state index in [1.54, 1.807) is 36.7 Å². The van der Waals surface area contributed by atoms with E-state index in [2.05, 4.69) is 9.98 Å². The lowest BCUT2D eigenvalue weighted by Crippen LogP contribution is -2.06. The van der Waals surface area contributed by atoms with Crippen LogP contribution in [-0.2, 0) is 0 Å². The van der Waals surface area contributed by atoms with E-state index < -0.39 is 0 Å². The predicted molar refractivity (Wildman–Crippen MR) is 97.7 cm³/mol. The molecule has 0 unspecified atom stereocenters. The van der Waals surface area contributed by atoms with Crippen LogP contribution in [0.5, 0.6) is 0 Å². The topological polar surface area (TPSA) is 48.6 Å². The van der Waals surface area contributed by atoms with E-state index in [4.69, 9.17) is 17.0 Å². The molecule has 0 aliphatic heterocycles. The summed E-state index contributed by atoms with van der Waals surface area (Å²) >= 11 is 5.80. The Kier molecular flexibility index (Phi) is 8.16. The number of rotatable bonds is 6. The summed E-state index contributed by atoms with van der Waals surface area (Å²) in [6, 6.07) is 13.3. The fraction of sp³-hybridized carbons (Fsp3) is 0.118. The highest BCUT2D eigenvalue weighted by Crippen LogP contribution is 2.07. The minimum Gasteiger partial charge on any atom is -0.306 e.